The maximum absolute atomic E-state index is 12.3. The average Bonchev–Trinajstić information content (AvgIpc) is 2.97. The monoisotopic (exact) mass is 299 g/mol. The summed E-state index contributed by atoms with van der Waals surface area (Å²) in [5.41, 5.74) is 0.838. The zero-order valence-corrected chi connectivity index (χ0v) is 13.1. The minimum absolute atomic E-state index is 0.202. The van der Waals surface area contributed by atoms with Crippen LogP contribution in [-0.4, -0.2) is 24.0 Å². The third-order valence-electron chi connectivity index (χ3n) is 5.63. The summed E-state index contributed by atoms with van der Waals surface area (Å²) in [6, 6.07) is 4.02. The Kier molecular flexibility index (Phi) is 3.77. The van der Waals surface area contributed by atoms with E-state index in [0.717, 1.165) is 36.9 Å². The highest BCUT2D eigenvalue weighted by atomic mass is 16.2. The van der Waals surface area contributed by atoms with Gasteiger partial charge in [0.2, 0.25) is 5.91 Å². The van der Waals surface area contributed by atoms with E-state index in [4.69, 9.17) is 0 Å². The summed E-state index contributed by atoms with van der Waals surface area (Å²) in [7, 11) is 0. The van der Waals surface area contributed by atoms with E-state index < -0.39 is 0 Å². The Hall–Kier alpha value is -1.58. The summed E-state index contributed by atoms with van der Waals surface area (Å²) in [6.45, 7) is 2.20. The van der Waals surface area contributed by atoms with Crippen LogP contribution in [0.2, 0.25) is 0 Å². The van der Waals surface area contributed by atoms with Crippen LogP contribution in [0.15, 0.2) is 18.3 Å². The number of amides is 1. The second kappa shape index (κ2) is 5.90. The van der Waals surface area contributed by atoms with Gasteiger partial charge in [-0.15, -0.1) is 0 Å². The smallest absolute Gasteiger partial charge is 0.227 e. The van der Waals surface area contributed by atoms with Crippen LogP contribution < -0.4 is 10.2 Å². The van der Waals surface area contributed by atoms with Gasteiger partial charge in [0.05, 0.1) is 11.9 Å². The van der Waals surface area contributed by atoms with Crippen LogP contribution in [0.3, 0.4) is 0 Å². The van der Waals surface area contributed by atoms with Gasteiger partial charge >= 0.3 is 0 Å². The SMILES string of the molecule is O=C(Nc1ccc(N2CCCC2)nc1)C1CC1C1CCCC1. The molecular formula is C18H25N3O. The summed E-state index contributed by atoms with van der Waals surface area (Å²) in [6.07, 6.45) is 10.8. The van der Waals surface area contributed by atoms with Crippen molar-refractivity contribution in [2.45, 2.75) is 44.9 Å². The zero-order chi connectivity index (χ0) is 14.9. The molecule has 4 rings (SSSR count). The number of rotatable bonds is 4. The highest BCUT2D eigenvalue weighted by Crippen LogP contribution is 2.50. The molecule has 2 saturated carbocycles. The number of nitrogens with one attached hydrogen (secondary N) is 1. The Morgan fingerprint density at radius 2 is 1.91 bits per heavy atom. The van der Waals surface area contributed by atoms with Gasteiger partial charge in [-0.05, 0) is 43.2 Å². The molecule has 0 radical (unpaired) electrons. The lowest BCUT2D eigenvalue weighted by molar-refractivity contribution is -0.117. The van der Waals surface area contributed by atoms with E-state index in [2.05, 4.69) is 15.2 Å². The standard InChI is InChI=1S/C18H25N3O/c22-18(16-11-15(16)13-5-1-2-6-13)20-14-7-8-17(19-12-14)21-9-3-4-10-21/h7-8,12-13,15-16H,1-6,9-11H2,(H,20,22). The molecule has 22 heavy (non-hydrogen) atoms. The lowest BCUT2D eigenvalue weighted by Crippen LogP contribution is -2.19. The molecule has 3 aliphatic rings. The topological polar surface area (TPSA) is 45.2 Å². The predicted molar refractivity (Wildman–Crippen MR) is 87.9 cm³/mol. The Balaban J connectivity index is 1.32. The largest absolute Gasteiger partial charge is 0.357 e. The molecular weight excluding hydrogens is 274 g/mol. The summed E-state index contributed by atoms with van der Waals surface area (Å²) in [4.78, 5) is 19.1. The van der Waals surface area contributed by atoms with Gasteiger partial charge in [0, 0.05) is 19.0 Å². The van der Waals surface area contributed by atoms with Crippen LogP contribution in [0.4, 0.5) is 11.5 Å². The summed E-state index contributed by atoms with van der Waals surface area (Å²) in [5.74, 6) is 2.95. The molecule has 4 nitrogen and oxygen atoms in total. The van der Waals surface area contributed by atoms with Gasteiger partial charge in [0.15, 0.2) is 0 Å². The molecule has 1 saturated heterocycles. The predicted octanol–water partition coefficient (Wildman–Crippen LogP) is 3.45. The van der Waals surface area contributed by atoms with E-state index in [1.165, 1.54) is 38.5 Å². The van der Waals surface area contributed by atoms with Crippen molar-refractivity contribution < 1.29 is 4.79 Å². The van der Waals surface area contributed by atoms with Gasteiger partial charge in [0.1, 0.15) is 5.82 Å². The van der Waals surface area contributed by atoms with Crippen molar-refractivity contribution >= 4 is 17.4 Å². The number of hydrogen-bond donors (Lipinski definition) is 1. The number of nitrogens with zero attached hydrogens (tertiary/aromatic N) is 2. The van der Waals surface area contributed by atoms with Gasteiger partial charge in [-0.1, -0.05) is 25.7 Å². The Morgan fingerprint density at radius 1 is 1.14 bits per heavy atom. The van der Waals surface area contributed by atoms with Gasteiger partial charge in [-0.3, -0.25) is 4.79 Å². The third-order valence-corrected chi connectivity index (χ3v) is 5.63. The van der Waals surface area contributed by atoms with Crippen LogP contribution >= 0.6 is 0 Å². The molecule has 1 aliphatic heterocycles. The maximum atomic E-state index is 12.3. The first kappa shape index (κ1) is 14.0. The van der Waals surface area contributed by atoms with Gasteiger partial charge < -0.3 is 10.2 Å². The fourth-order valence-corrected chi connectivity index (χ4v) is 4.25. The number of aromatic nitrogens is 1. The first-order valence-corrected chi connectivity index (χ1v) is 8.83. The van der Waals surface area contributed by atoms with Crippen molar-refractivity contribution in [1.29, 1.82) is 0 Å². The third kappa shape index (κ3) is 2.83. The second-order valence-corrected chi connectivity index (χ2v) is 7.14. The normalized spacial score (nSPS) is 28.1. The van der Waals surface area contributed by atoms with Crippen molar-refractivity contribution in [3.8, 4) is 0 Å². The van der Waals surface area contributed by atoms with E-state index in [-0.39, 0.29) is 11.8 Å². The molecule has 0 bridgehead atoms. The van der Waals surface area contributed by atoms with Crippen molar-refractivity contribution in [3.05, 3.63) is 18.3 Å². The molecule has 1 aromatic rings. The molecule has 2 aliphatic carbocycles. The molecule has 2 atom stereocenters. The van der Waals surface area contributed by atoms with Gasteiger partial charge in [-0.25, -0.2) is 4.98 Å². The van der Waals surface area contributed by atoms with E-state index >= 15 is 0 Å². The fraction of sp³-hybridized carbons (Fsp3) is 0.667. The van der Waals surface area contributed by atoms with Crippen LogP contribution in [-0.2, 0) is 4.79 Å². The number of pyridine rings is 1. The Bertz CT molecular complexity index is 530. The lowest BCUT2D eigenvalue weighted by Gasteiger charge is -2.16. The van der Waals surface area contributed by atoms with Crippen LogP contribution in [0, 0.1) is 17.8 Å². The Morgan fingerprint density at radius 3 is 2.59 bits per heavy atom. The average molecular weight is 299 g/mol. The summed E-state index contributed by atoms with van der Waals surface area (Å²) < 4.78 is 0. The van der Waals surface area contributed by atoms with E-state index in [0.29, 0.717) is 5.92 Å². The van der Waals surface area contributed by atoms with Crippen molar-refractivity contribution in [2.24, 2.45) is 17.8 Å². The highest BCUT2D eigenvalue weighted by Gasteiger charge is 2.47. The molecule has 118 valence electrons. The number of carbonyl (C=O) groups is 1. The zero-order valence-electron chi connectivity index (χ0n) is 13.1. The van der Waals surface area contributed by atoms with E-state index in [1.807, 2.05) is 12.1 Å². The minimum Gasteiger partial charge on any atom is -0.357 e. The first-order chi connectivity index (χ1) is 10.8. The second-order valence-electron chi connectivity index (χ2n) is 7.14. The molecule has 1 aromatic heterocycles. The molecule has 4 heteroatoms. The summed E-state index contributed by atoms with van der Waals surface area (Å²) >= 11 is 0. The van der Waals surface area contributed by atoms with Gasteiger partial charge in [0.25, 0.3) is 0 Å². The molecule has 1 N–H and O–H groups in total. The van der Waals surface area contributed by atoms with Gasteiger partial charge in [-0.2, -0.15) is 0 Å². The van der Waals surface area contributed by atoms with E-state index in [9.17, 15) is 4.79 Å². The van der Waals surface area contributed by atoms with Crippen LogP contribution in [0.5, 0.6) is 0 Å². The number of anilines is 2. The lowest BCUT2D eigenvalue weighted by atomic mass is 10.0. The van der Waals surface area contributed by atoms with Crippen molar-refractivity contribution in [2.75, 3.05) is 23.3 Å². The number of hydrogen-bond acceptors (Lipinski definition) is 3. The van der Waals surface area contributed by atoms with Crippen LogP contribution in [0.1, 0.15) is 44.9 Å². The molecule has 0 spiro atoms. The Labute approximate surface area is 132 Å². The molecule has 0 aromatic carbocycles. The molecule has 3 fully saturated rings. The van der Waals surface area contributed by atoms with Crippen molar-refractivity contribution in [1.82, 2.24) is 4.98 Å². The molecule has 1 amide bonds. The quantitative estimate of drug-likeness (QED) is 0.926. The van der Waals surface area contributed by atoms with E-state index in [1.54, 1.807) is 6.20 Å². The fourth-order valence-electron chi connectivity index (χ4n) is 4.25. The minimum atomic E-state index is 0.202. The summed E-state index contributed by atoms with van der Waals surface area (Å²) in [5, 5.41) is 3.06. The van der Waals surface area contributed by atoms with Crippen molar-refractivity contribution in [3.63, 3.8) is 0 Å². The molecule has 2 heterocycles. The van der Waals surface area contributed by atoms with Crippen LogP contribution in [0.25, 0.3) is 0 Å². The highest BCUT2D eigenvalue weighted by molar-refractivity contribution is 5.94. The number of carbonyl (C=O) groups excluding carboxylic acids is 1. The first-order valence-electron chi connectivity index (χ1n) is 8.83. The molecule has 2 unspecified atom stereocenters. The maximum Gasteiger partial charge on any atom is 0.227 e.